The second kappa shape index (κ2) is 14.9. The Hall–Kier alpha value is 0. The van der Waals surface area contributed by atoms with Gasteiger partial charge < -0.3 is 0 Å². The van der Waals surface area contributed by atoms with Crippen molar-refractivity contribution < 1.29 is 0 Å². The van der Waals surface area contributed by atoms with Gasteiger partial charge in [-0.15, -0.1) is 0 Å². The Morgan fingerprint density at radius 3 is 1.70 bits per heavy atom. The molecule has 2 fully saturated rings. The molecule has 0 bridgehead atoms. The van der Waals surface area contributed by atoms with Crippen LogP contribution in [0.2, 0.25) is 0 Å². The molecule has 27 heavy (non-hydrogen) atoms. The van der Waals surface area contributed by atoms with E-state index >= 15 is 0 Å². The average molecular weight is 377 g/mol. The maximum Gasteiger partial charge on any atom is -0.0383 e. The van der Waals surface area contributed by atoms with Crippen LogP contribution in [0.1, 0.15) is 149 Å². The minimum atomic E-state index is 1.05. The van der Waals surface area contributed by atoms with E-state index in [1.54, 1.807) is 32.1 Å². The number of hydrogen-bond donors (Lipinski definition) is 0. The fourth-order valence-corrected chi connectivity index (χ4v) is 6.24. The summed E-state index contributed by atoms with van der Waals surface area (Å²) in [5.74, 6) is 4.24. The van der Waals surface area contributed by atoms with Crippen molar-refractivity contribution in [1.82, 2.24) is 0 Å². The summed E-state index contributed by atoms with van der Waals surface area (Å²) < 4.78 is 0. The Labute approximate surface area is 172 Å². The molecule has 2 aliphatic carbocycles. The van der Waals surface area contributed by atoms with Gasteiger partial charge in [0.15, 0.2) is 0 Å². The third-order valence-corrected chi connectivity index (χ3v) is 8.16. The zero-order chi connectivity index (χ0) is 19.2. The largest absolute Gasteiger partial charge is 0.0654 e. The Kier molecular flexibility index (Phi) is 12.9. The van der Waals surface area contributed by atoms with Crippen molar-refractivity contribution in [3.8, 4) is 0 Å². The first-order valence-electron chi connectivity index (χ1n) is 13.3. The molecule has 0 aromatic rings. The van der Waals surface area contributed by atoms with E-state index < -0.39 is 0 Å². The standard InChI is InChI=1S/C27H52/c1-3-5-16-25-17-12-10-8-6-7-9-11-13-20-26(21-15-19-25)27-22-14-18-24(4-2)23-27/h24-27H,3-23H2,1-2H3. The summed E-state index contributed by atoms with van der Waals surface area (Å²) in [4.78, 5) is 0. The van der Waals surface area contributed by atoms with E-state index in [1.807, 2.05) is 0 Å². The molecular weight excluding hydrogens is 324 g/mol. The van der Waals surface area contributed by atoms with Gasteiger partial charge in [0.1, 0.15) is 0 Å². The summed E-state index contributed by atoms with van der Waals surface area (Å²) in [6.07, 6.45) is 31.8. The lowest BCUT2D eigenvalue weighted by atomic mass is 9.71. The first-order valence-corrected chi connectivity index (χ1v) is 13.3. The van der Waals surface area contributed by atoms with Gasteiger partial charge >= 0.3 is 0 Å². The Morgan fingerprint density at radius 1 is 0.519 bits per heavy atom. The minimum Gasteiger partial charge on any atom is -0.0654 e. The lowest BCUT2D eigenvalue weighted by molar-refractivity contribution is 0.168. The van der Waals surface area contributed by atoms with Crippen LogP contribution in [0.25, 0.3) is 0 Å². The van der Waals surface area contributed by atoms with Crippen LogP contribution in [-0.2, 0) is 0 Å². The number of hydrogen-bond acceptors (Lipinski definition) is 0. The highest BCUT2D eigenvalue weighted by atomic mass is 14.3. The fourth-order valence-electron chi connectivity index (χ4n) is 6.24. The van der Waals surface area contributed by atoms with E-state index in [4.69, 9.17) is 0 Å². The molecule has 0 spiro atoms. The van der Waals surface area contributed by atoms with Gasteiger partial charge in [0, 0.05) is 0 Å². The second-order valence-corrected chi connectivity index (χ2v) is 10.3. The maximum absolute atomic E-state index is 2.43. The van der Waals surface area contributed by atoms with E-state index in [0.29, 0.717) is 0 Å². The highest BCUT2D eigenvalue weighted by Crippen LogP contribution is 2.40. The van der Waals surface area contributed by atoms with Crippen LogP contribution >= 0.6 is 0 Å². The van der Waals surface area contributed by atoms with Crippen LogP contribution in [0.5, 0.6) is 0 Å². The second-order valence-electron chi connectivity index (χ2n) is 10.3. The molecule has 0 N–H and O–H groups in total. The van der Waals surface area contributed by atoms with Gasteiger partial charge in [0.25, 0.3) is 0 Å². The monoisotopic (exact) mass is 376 g/mol. The minimum absolute atomic E-state index is 1.05. The molecular formula is C27H52. The summed E-state index contributed by atoms with van der Waals surface area (Å²) >= 11 is 0. The Balaban J connectivity index is 1.88. The van der Waals surface area contributed by atoms with Gasteiger partial charge in [-0.25, -0.2) is 0 Å². The summed E-state index contributed by atoms with van der Waals surface area (Å²) in [7, 11) is 0. The molecule has 0 heteroatoms. The summed E-state index contributed by atoms with van der Waals surface area (Å²) in [5, 5.41) is 0. The fraction of sp³-hybridized carbons (Fsp3) is 1.00. The van der Waals surface area contributed by atoms with Crippen LogP contribution in [-0.4, -0.2) is 0 Å². The molecule has 0 aromatic heterocycles. The zero-order valence-corrected chi connectivity index (χ0v) is 19.2. The molecule has 2 rings (SSSR count). The van der Waals surface area contributed by atoms with Crippen molar-refractivity contribution in [2.75, 3.05) is 0 Å². The smallest absolute Gasteiger partial charge is 0.0383 e. The number of unbranched alkanes of at least 4 members (excludes halogenated alkanes) is 1. The first kappa shape index (κ1) is 23.3. The molecule has 160 valence electrons. The molecule has 0 amide bonds. The lowest BCUT2D eigenvalue weighted by Gasteiger charge is -2.35. The third kappa shape index (κ3) is 9.85. The van der Waals surface area contributed by atoms with Gasteiger partial charge in [-0.1, -0.05) is 142 Å². The summed E-state index contributed by atoms with van der Waals surface area (Å²) in [6, 6.07) is 0. The van der Waals surface area contributed by atoms with Crippen LogP contribution in [0.15, 0.2) is 0 Å². The highest BCUT2D eigenvalue weighted by molar-refractivity contribution is 4.79. The SMILES string of the molecule is CCCCC1CCCCCCCCCCC(C2CCCC(CC)C2)CCC1. The van der Waals surface area contributed by atoms with Crippen LogP contribution < -0.4 is 0 Å². The predicted molar refractivity (Wildman–Crippen MR) is 122 cm³/mol. The molecule has 0 nitrogen and oxygen atoms in total. The molecule has 0 heterocycles. The Morgan fingerprint density at radius 2 is 1.04 bits per heavy atom. The predicted octanol–water partition coefficient (Wildman–Crippen LogP) is 9.71. The van der Waals surface area contributed by atoms with Crippen molar-refractivity contribution in [2.24, 2.45) is 23.7 Å². The van der Waals surface area contributed by atoms with Crippen molar-refractivity contribution in [3.05, 3.63) is 0 Å². The normalized spacial score (nSPS) is 33.1. The molecule has 2 aliphatic rings. The summed E-state index contributed by atoms with van der Waals surface area (Å²) in [6.45, 7) is 4.80. The van der Waals surface area contributed by atoms with Crippen LogP contribution in [0, 0.1) is 23.7 Å². The lowest BCUT2D eigenvalue weighted by Crippen LogP contribution is -2.23. The molecule has 4 atom stereocenters. The molecule has 4 unspecified atom stereocenters. The van der Waals surface area contributed by atoms with Crippen molar-refractivity contribution in [1.29, 1.82) is 0 Å². The zero-order valence-electron chi connectivity index (χ0n) is 19.2. The molecule has 0 aliphatic heterocycles. The van der Waals surface area contributed by atoms with E-state index in [1.165, 1.54) is 103 Å². The molecule has 0 radical (unpaired) electrons. The molecule has 2 saturated carbocycles. The van der Waals surface area contributed by atoms with Crippen molar-refractivity contribution in [3.63, 3.8) is 0 Å². The van der Waals surface area contributed by atoms with Gasteiger partial charge in [0.05, 0.1) is 0 Å². The van der Waals surface area contributed by atoms with Crippen molar-refractivity contribution >= 4 is 0 Å². The number of rotatable bonds is 5. The van der Waals surface area contributed by atoms with E-state index in [2.05, 4.69) is 13.8 Å². The van der Waals surface area contributed by atoms with E-state index in [0.717, 1.165) is 23.7 Å². The maximum atomic E-state index is 2.43. The van der Waals surface area contributed by atoms with E-state index in [9.17, 15) is 0 Å². The summed E-state index contributed by atoms with van der Waals surface area (Å²) in [5.41, 5.74) is 0. The van der Waals surface area contributed by atoms with Gasteiger partial charge in [0.2, 0.25) is 0 Å². The van der Waals surface area contributed by atoms with Gasteiger partial charge in [-0.2, -0.15) is 0 Å². The molecule has 0 aromatic carbocycles. The average Bonchev–Trinajstić information content (AvgIpc) is 2.71. The van der Waals surface area contributed by atoms with Crippen LogP contribution in [0.4, 0.5) is 0 Å². The highest BCUT2D eigenvalue weighted by Gasteiger charge is 2.27. The first-order chi connectivity index (χ1) is 13.3. The molecule has 0 saturated heterocycles. The quantitative estimate of drug-likeness (QED) is 0.448. The van der Waals surface area contributed by atoms with Gasteiger partial charge in [-0.05, 0) is 30.1 Å². The van der Waals surface area contributed by atoms with Crippen LogP contribution in [0.3, 0.4) is 0 Å². The Bertz CT molecular complexity index is 333. The van der Waals surface area contributed by atoms with E-state index in [-0.39, 0.29) is 0 Å². The topological polar surface area (TPSA) is 0 Å². The van der Waals surface area contributed by atoms with Crippen molar-refractivity contribution in [2.45, 2.75) is 149 Å². The third-order valence-electron chi connectivity index (χ3n) is 8.16. The van der Waals surface area contributed by atoms with Gasteiger partial charge in [-0.3, -0.25) is 0 Å².